The molecule has 0 saturated heterocycles. The first kappa shape index (κ1) is 15.9. The van der Waals surface area contributed by atoms with Crippen LogP contribution in [0.15, 0.2) is 15.0 Å². The Morgan fingerprint density at radius 3 is 2.58 bits per heavy atom. The summed E-state index contributed by atoms with van der Waals surface area (Å²) in [4.78, 5) is 15.3. The highest BCUT2D eigenvalue weighted by Gasteiger charge is 2.21. The number of aromatic amines is 1. The number of H-pyrrole nitrogens is 1. The highest BCUT2D eigenvalue weighted by atomic mass is 32.1. The molecule has 0 aromatic carbocycles. The van der Waals surface area contributed by atoms with Gasteiger partial charge >= 0.3 is 0 Å². The van der Waals surface area contributed by atoms with Crippen LogP contribution in [0, 0.1) is 29.6 Å². The number of nitriles is 2. The molecule has 24 heavy (non-hydrogen) atoms. The molecule has 0 atom stereocenters. The highest BCUT2D eigenvalue weighted by molar-refractivity contribution is 7.16. The maximum absolute atomic E-state index is 12.0. The fourth-order valence-corrected chi connectivity index (χ4v) is 3.95. The summed E-state index contributed by atoms with van der Waals surface area (Å²) >= 11 is 1.42. The van der Waals surface area contributed by atoms with Crippen molar-refractivity contribution >= 4 is 22.0 Å². The van der Waals surface area contributed by atoms with Crippen molar-refractivity contribution < 1.29 is 5.11 Å². The van der Waals surface area contributed by atoms with E-state index in [2.05, 4.69) is 21.3 Å². The van der Waals surface area contributed by atoms with Crippen molar-refractivity contribution in [2.45, 2.75) is 32.6 Å². The Labute approximate surface area is 141 Å². The number of nitrogens with one attached hydrogen (secondary N) is 1. The number of thiophene rings is 1. The Balaban J connectivity index is 2.08. The Bertz CT molecular complexity index is 988. The SMILES string of the molecule is Cc1c(C#N)c(O)[nH]c(=O)c1N=Nc1sc2c(c1C#N)CCCC2. The second-order valence-corrected chi connectivity index (χ2v) is 6.55. The molecule has 0 amide bonds. The summed E-state index contributed by atoms with van der Waals surface area (Å²) in [5.41, 5.74) is 1.09. The van der Waals surface area contributed by atoms with Crippen LogP contribution in [-0.4, -0.2) is 10.1 Å². The molecule has 7 nitrogen and oxygen atoms in total. The van der Waals surface area contributed by atoms with Gasteiger partial charge in [-0.25, -0.2) is 0 Å². The van der Waals surface area contributed by atoms with Crippen LogP contribution < -0.4 is 5.56 Å². The average molecular weight is 339 g/mol. The minimum absolute atomic E-state index is 0.0420. The van der Waals surface area contributed by atoms with Gasteiger partial charge in [-0.1, -0.05) is 0 Å². The van der Waals surface area contributed by atoms with Crippen LogP contribution in [0.3, 0.4) is 0 Å². The third-order valence-electron chi connectivity index (χ3n) is 4.03. The molecule has 2 aromatic rings. The number of aryl methyl sites for hydroxylation is 1. The Kier molecular flexibility index (Phi) is 4.15. The fourth-order valence-electron chi connectivity index (χ4n) is 2.79. The molecular formula is C16H13N5O2S. The molecule has 0 fully saturated rings. The molecule has 1 aliphatic carbocycles. The summed E-state index contributed by atoms with van der Waals surface area (Å²) in [6.45, 7) is 1.52. The molecule has 2 aromatic heterocycles. The number of rotatable bonds is 2. The number of azo groups is 1. The van der Waals surface area contributed by atoms with Crippen molar-refractivity contribution in [1.82, 2.24) is 4.98 Å². The first-order chi connectivity index (χ1) is 11.6. The van der Waals surface area contributed by atoms with Crippen molar-refractivity contribution in [2.75, 3.05) is 0 Å². The van der Waals surface area contributed by atoms with Gasteiger partial charge in [0.2, 0.25) is 5.88 Å². The van der Waals surface area contributed by atoms with Gasteiger partial charge in [-0.15, -0.1) is 21.6 Å². The maximum Gasteiger partial charge on any atom is 0.278 e. The van der Waals surface area contributed by atoms with Gasteiger partial charge in [0.25, 0.3) is 5.56 Å². The van der Waals surface area contributed by atoms with Gasteiger partial charge in [-0.05, 0) is 38.2 Å². The van der Waals surface area contributed by atoms with Gasteiger partial charge in [-0.3, -0.25) is 9.78 Å². The molecule has 0 radical (unpaired) electrons. The summed E-state index contributed by atoms with van der Waals surface area (Å²) in [6, 6.07) is 4.00. The first-order valence-corrected chi connectivity index (χ1v) is 8.20. The standard InChI is InChI=1S/C16H13N5O2S/c1-8-10(6-17)14(22)19-15(23)13(8)20-21-16-11(7-18)9-4-2-3-5-12(9)24-16/h2-5H2,1H3,(H2,19,22,23). The van der Waals surface area contributed by atoms with E-state index in [4.69, 9.17) is 5.26 Å². The lowest BCUT2D eigenvalue weighted by atomic mass is 9.96. The number of nitrogens with zero attached hydrogens (tertiary/aromatic N) is 4. The van der Waals surface area contributed by atoms with Crippen molar-refractivity contribution in [2.24, 2.45) is 10.2 Å². The predicted octanol–water partition coefficient (Wildman–Crippen LogP) is 3.49. The molecule has 120 valence electrons. The maximum atomic E-state index is 12.0. The van der Waals surface area contributed by atoms with Gasteiger partial charge in [0.1, 0.15) is 17.7 Å². The van der Waals surface area contributed by atoms with Crippen molar-refractivity contribution in [1.29, 1.82) is 10.5 Å². The first-order valence-electron chi connectivity index (χ1n) is 7.39. The molecule has 3 rings (SSSR count). The van der Waals surface area contributed by atoms with E-state index in [-0.39, 0.29) is 16.8 Å². The van der Waals surface area contributed by atoms with E-state index < -0.39 is 11.4 Å². The minimum atomic E-state index is -0.632. The van der Waals surface area contributed by atoms with E-state index in [1.807, 2.05) is 6.07 Å². The lowest BCUT2D eigenvalue weighted by Crippen LogP contribution is -2.08. The lowest BCUT2D eigenvalue weighted by Gasteiger charge is -2.09. The summed E-state index contributed by atoms with van der Waals surface area (Å²) in [5, 5.41) is 36.6. The molecule has 0 bridgehead atoms. The van der Waals surface area contributed by atoms with Crippen LogP contribution in [0.5, 0.6) is 5.88 Å². The second kappa shape index (κ2) is 6.26. The van der Waals surface area contributed by atoms with E-state index in [0.29, 0.717) is 10.6 Å². The zero-order valence-electron chi connectivity index (χ0n) is 12.9. The predicted molar refractivity (Wildman–Crippen MR) is 88.0 cm³/mol. The summed E-state index contributed by atoms with van der Waals surface area (Å²) < 4.78 is 0. The third-order valence-corrected chi connectivity index (χ3v) is 5.21. The van der Waals surface area contributed by atoms with Crippen LogP contribution in [0.4, 0.5) is 10.7 Å². The molecule has 0 spiro atoms. The minimum Gasteiger partial charge on any atom is -0.494 e. The van der Waals surface area contributed by atoms with E-state index in [1.165, 1.54) is 18.3 Å². The van der Waals surface area contributed by atoms with Gasteiger partial charge in [0, 0.05) is 10.4 Å². The number of aromatic hydroxyl groups is 1. The molecular weight excluding hydrogens is 326 g/mol. The van der Waals surface area contributed by atoms with E-state index in [1.54, 1.807) is 0 Å². The normalized spacial score (nSPS) is 13.5. The monoisotopic (exact) mass is 339 g/mol. The van der Waals surface area contributed by atoms with Gasteiger partial charge in [-0.2, -0.15) is 10.5 Å². The summed E-state index contributed by atoms with van der Waals surface area (Å²) in [6.07, 6.45) is 3.94. The van der Waals surface area contributed by atoms with Gasteiger partial charge < -0.3 is 5.11 Å². The second-order valence-electron chi connectivity index (χ2n) is 5.47. The number of pyridine rings is 1. The topological polar surface area (TPSA) is 125 Å². The Morgan fingerprint density at radius 2 is 1.88 bits per heavy atom. The van der Waals surface area contributed by atoms with Gasteiger partial charge in [0.15, 0.2) is 10.7 Å². The molecule has 0 unspecified atom stereocenters. The quantitative estimate of drug-likeness (QED) is 0.812. The van der Waals surface area contributed by atoms with Crippen molar-refractivity contribution in [3.63, 3.8) is 0 Å². The lowest BCUT2D eigenvalue weighted by molar-refractivity contribution is 0.449. The molecule has 8 heteroatoms. The Hall–Kier alpha value is -2.97. The zero-order chi connectivity index (χ0) is 17.3. The molecule has 0 aliphatic heterocycles. The molecule has 1 aliphatic rings. The summed E-state index contributed by atoms with van der Waals surface area (Å²) in [5.74, 6) is -0.483. The van der Waals surface area contributed by atoms with Crippen molar-refractivity contribution in [3.8, 4) is 18.0 Å². The molecule has 2 heterocycles. The van der Waals surface area contributed by atoms with Crippen LogP contribution in [0.1, 0.15) is 40.0 Å². The van der Waals surface area contributed by atoms with Crippen LogP contribution in [-0.2, 0) is 12.8 Å². The number of hydrogen-bond acceptors (Lipinski definition) is 7. The fraction of sp³-hybridized carbons (Fsp3) is 0.312. The average Bonchev–Trinajstić information content (AvgIpc) is 2.92. The number of aromatic nitrogens is 1. The number of fused-ring (bicyclic) bond motifs is 1. The van der Waals surface area contributed by atoms with E-state index in [0.717, 1.165) is 36.1 Å². The van der Waals surface area contributed by atoms with Crippen LogP contribution in [0.25, 0.3) is 0 Å². The Morgan fingerprint density at radius 1 is 1.17 bits per heavy atom. The highest BCUT2D eigenvalue weighted by Crippen LogP contribution is 2.40. The molecule has 2 N–H and O–H groups in total. The molecule has 0 saturated carbocycles. The van der Waals surface area contributed by atoms with Gasteiger partial charge in [0.05, 0.1) is 5.56 Å². The van der Waals surface area contributed by atoms with Crippen LogP contribution in [0.2, 0.25) is 0 Å². The van der Waals surface area contributed by atoms with Crippen molar-refractivity contribution in [3.05, 3.63) is 37.5 Å². The van der Waals surface area contributed by atoms with Crippen LogP contribution >= 0.6 is 11.3 Å². The van der Waals surface area contributed by atoms with E-state index in [9.17, 15) is 15.2 Å². The zero-order valence-corrected chi connectivity index (χ0v) is 13.7. The van der Waals surface area contributed by atoms with E-state index >= 15 is 0 Å². The smallest absolute Gasteiger partial charge is 0.278 e. The summed E-state index contributed by atoms with van der Waals surface area (Å²) in [7, 11) is 0. The third kappa shape index (κ3) is 2.57. The largest absolute Gasteiger partial charge is 0.494 e. The number of hydrogen-bond donors (Lipinski definition) is 2.